The predicted molar refractivity (Wildman–Crippen MR) is 84.4 cm³/mol. The lowest BCUT2D eigenvalue weighted by molar-refractivity contribution is -0.149. The summed E-state index contributed by atoms with van der Waals surface area (Å²) in [5.74, 6) is -2.68. The number of carboxylic acid groups (broad SMARTS) is 1. The van der Waals surface area contributed by atoms with Crippen molar-refractivity contribution in [1.29, 1.82) is 0 Å². The molecule has 4 nitrogen and oxygen atoms in total. The van der Waals surface area contributed by atoms with Gasteiger partial charge in [-0.3, -0.25) is 9.59 Å². The molecule has 4 heteroatoms. The first-order chi connectivity index (χ1) is 9.44. The minimum Gasteiger partial charge on any atom is -0.481 e. The first kappa shape index (κ1) is 17.2. The standard InChI is InChI=1S/C17H25NO3/c1-16(2,3)11-9-7-8-10-12(11)18-14(19)13(15(20)21)17(4,5)6/h7-10,13H,1-6H3,(H,18,19)(H,20,21). The Hall–Kier alpha value is -1.84. The number of para-hydroxylation sites is 1. The van der Waals surface area contributed by atoms with Crippen LogP contribution in [0.3, 0.4) is 0 Å². The number of aliphatic carboxylic acids is 1. The summed E-state index contributed by atoms with van der Waals surface area (Å²) in [5.41, 5.74) is 0.874. The molecule has 0 saturated carbocycles. The fraction of sp³-hybridized carbons (Fsp3) is 0.529. The number of rotatable bonds is 3. The normalized spacial score (nSPS) is 13.6. The van der Waals surface area contributed by atoms with Gasteiger partial charge in [-0.15, -0.1) is 0 Å². The van der Waals surface area contributed by atoms with E-state index in [9.17, 15) is 14.7 Å². The van der Waals surface area contributed by atoms with Gasteiger partial charge in [0.05, 0.1) is 0 Å². The van der Waals surface area contributed by atoms with Crippen molar-refractivity contribution in [2.24, 2.45) is 11.3 Å². The summed E-state index contributed by atoms with van der Waals surface area (Å²) in [7, 11) is 0. The van der Waals surface area contributed by atoms with E-state index in [2.05, 4.69) is 26.1 Å². The van der Waals surface area contributed by atoms with Crippen LogP contribution in [0.4, 0.5) is 5.69 Å². The molecule has 0 bridgehead atoms. The largest absolute Gasteiger partial charge is 0.481 e. The third kappa shape index (κ3) is 4.31. The van der Waals surface area contributed by atoms with Gasteiger partial charge in [-0.1, -0.05) is 59.7 Å². The average Bonchev–Trinajstić information content (AvgIpc) is 2.25. The first-order valence-electron chi connectivity index (χ1n) is 7.08. The fourth-order valence-electron chi connectivity index (χ4n) is 2.33. The van der Waals surface area contributed by atoms with Gasteiger partial charge in [0, 0.05) is 5.69 Å². The Morgan fingerprint density at radius 1 is 1.05 bits per heavy atom. The highest BCUT2D eigenvalue weighted by molar-refractivity contribution is 6.05. The summed E-state index contributed by atoms with van der Waals surface area (Å²) in [6, 6.07) is 7.49. The molecule has 1 aromatic rings. The zero-order valence-corrected chi connectivity index (χ0v) is 13.7. The van der Waals surface area contributed by atoms with Gasteiger partial charge in [-0.25, -0.2) is 0 Å². The molecular formula is C17H25NO3. The molecule has 0 aliphatic carbocycles. The minimum atomic E-state index is -1.10. The van der Waals surface area contributed by atoms with Gasteiger partial charge in [0.1, 0.15) is 5.92 Å². The summed E-state index contributed by atoms with van der Waals surface area (Å²) in [5, 5.41) is 12.1. The summed E-state index contributed by atoms with van der Waals surface area (Å²) in [6.45, 7) is 11.4. The molecular weight excluding hydrogens is 266 g/mol. The second-order valence-electron chi connectivity index (χ2n) is 7.42. The zero-order valence-electron chi connectivity index (χ0n) is 13.7. The maximum atomic E-state index is 12.4. The van der Waals surface area contributed by atoms with Crippen molar-refractivity contribution in [2.75, 3.05) is 5.32 Å². The SMILES string of the molecule is CC(C)(C)c1ccccc1NC(=O)C(C(=O)O)C(C)(C)C. The number of nitrogens with one attached hydrogen (secondary N) is 1. The van der Waals surface area contributed by atoms with Crippen molar-refractivity contribution in [3.8, 4) is 0 Å². The molecule has 1 amide bonds. The van der Waals surface area contributed by atoms with E-state index in [4.69, 9.17) is 0 Å². The number of carbonyl (C=O) groups is 2. The number of benzene rings is 1. The van der Waals surface area contributed by atoms with Crippen molar-refractivity contribution in [3.63, 3.8) is 0 Å². The molecule has 1 aromatic carbocycles. The lowest BCUT2D eigenvalue weighted by atomic mass is 9.80. The second-order valence-corrected chi connectivity index (χ2v) is 7.42. The molecule has 2 N–H and O–H groups in total. The van der Waals surface area contributed by atoms with E-state index in [1.54, 1.807) is 26.8 Å². The lowest BCUT2D eigenvalue weighted by Gasteiger charge is -2.28. The van der Waals surface area contributed by atoms with Crippen molar-refractivity contribution in [1.82, 2.24) is 0 Å². The van der Waals surface area contributed by atoms with Crippen LogP contribution in [0.15, 0.2) is 24.3 Å². The molecule has 0 aliphatic heterocycles. The Morgan fingerprint density at radius 3 is 2.00 bits per heavy atom. The molecule has 0 fully saturated rings. The van der Waals surface area contributed by atoms with Crippen LogP contribution < -0.4 is 5.32 Å². The Bertz CT molecular complexity index is 536. The molecule has 21 heavy (non-hydrogen) atoms. The molecule has 116 valence electrons. The molecule has 0 aromatic heterocycles. The van der Waals surface area contributed by atoms with Crippen LogP contribution >= 0.6 is 0 Å². The maximum absolute atomic E-state index is 12.4. The number of hydrogen-bond donors (Lipinski definition) is 2. The average molecular weight is 291 g/mol. The Morgan fingerprint density at radius 2 is 1.57 bits per heavy atom. The maximum Gasteiger partial charge on any atom is 0.316 e. The van der Waals surface area contributed by atoms with E-state index in [-0.39, 0.29) is 5.41 Å². The highest BCUT2D eigenvalue weighted by Gasteiger charge is 2.38. The van der Waals surface area contributed by atoms with Crippen LogP contribution in [0.1, 0.15) is 47.1 Å². The van der Waals surface area contributed by atoms with Gasteiger partial charge < -0.3 is 10.4 Å². The van der Waals surface area contributed by atoms with Crippen LogP contribution in [0.25, 0.3) is 0 Å². The van der Waals surface area contributed by atoms with Crippen LogP contribution in [-0.4, -0.2) is 17.0 Å². The fourth-order valence-corrected chi connectivity index (χ4v) is 2.33. The number of amides is 1. The van der Waals surface area contributed by atoms with Gasteiger partial charge in [0.15, 0.2) is 0 Å². The number of carbonyl (C=O) groups excluding carboxylic acids is 1. The number of hydrogen-bond acceptors (Lipinski definition) is 2. The molecule has 0 aliphatic rings. The van der Waals surface area contributed by atoms with Gasteiger partial charge >= 0.3 is 5.97 Å². The summed E-state index contributed by atoms with van der Waals surface area (Å²) < 4.78 is 0. The summed E-state index contributed by atoms with van der Waals surface area (Å²) >= 11 is 0. The van der Waals surface area contributed by atoms with Crippen molar-refractivity contribution in [3.05, 3.63) is 29.8 Å². The van der Waals surface area contributed by atoms with Gasteiger partial charge in [-0.2, -0.15) is 0 Å². The molecule has 0 heterocycles. The van der Waals surface area contributed by atoms with E-state index in [1.165, 1.54) is 0 Å². The smallest absolute Gasteiger partial charge is 0.316 e. The van der Waals surface area contributed by atoms with Crippen molar-refractivity contribution >= 4 is 17.6 Å². The van der Waals surface area contributed by atoms with E-state index >= 15 is 0 Å². The van der Waals surface area contributed by atoms with Crippen LogP contribution in [-0.2, 0) is 15.0 Å². The van der Waals surface area contributed by atoms with Crippen LogP contribution in [0, 0.1) is 11.3 Å². The van der Waals surface area contributed by atoms with E-state index < -0.39 is 23.2 Å². The summed E-state index contributed by atoms with van der Waals surface area (Å²) in [6.07, 6.45) is 0. The molecule has 1 atom stereocenters. The number of carboxylic acids is 1. The quantitative estimate of drug-likeness (QED) is 0.835. The topological polar surface area (TPSA) is 66.4 Å². The van der Waals surface area contributed by atoms with Crippen LogP contribution in [0.2, 0.25) is 0 Å². The van der Waals surface area contributed by atoms with Crippen LogP contribution in [0.5, 0.6) is 0 Å². The molecule has 0 radical (unpaired) electrons. The first-order valence-corrected chi connectivity index (χ1v) is 7.08. The van der Waals surface area contributed by atoms with E-state index in [0.29, 0.717) is 5.69 Å². The monoisotopic (exact) mass is 291 g/mol. The summed E-state index contributed by atoms with van der Waals surface area (Å²) in [4.78, 5) is 23.8. The molecule has 1 unspecified atom stereocenters. The molecule has 1 rings (SSSR count). The zero-order chi connectivity index (χ0) is 16.4. The van der Waals surface area contributed by atoms with Crippen molar-refractivity contribution < 1.29 is 14.7 Å². The van der Waals surface area contributed by atoms with Gasteiger partial charge in [-0.05, 0) is 22.5 Å². The Labute approximate surface area is 126 Å². The van der Waals surface area contributed by atoms with Crippen molar-refractivity contribution in [2.45, 2.75) is 47.0 Å². The molecule has 0 spiro atoms. The van der Waals surface area contributed by atoms with Gasteiger partial charge in [0.2, 0.25) is 5.91 Å². The Balaban J connectivity index is 3.12. The van der Waals surface area contributed by atoms with E-state index in [1.807, 2.05) is 18.2 Å². The van der Waals surface area contributed by atoms with Gasteiger partial charge in [0.25, 0.3) is 0 Å². The van der Waals surface area contributed by atoms with E-state index in [0.717, 1.165) is 5.56 Å². The predicted octanol–water partition coefficient (Wildman–Crippen LogP) is 3.67. The Kier molecular flexibility index (Phi) is 4.82. The third-order valence-corrected chi connectivity index (χ3v) is 3.37. The minimum absolute atomic E-state index is 0.135. The highest BCUT2D eigenvalue weighted by atomic mass is 16.4. The molecule has 0 saturated heterocycles. The number of anilines is 1. The lowest BCUT2D eigenvalue weighted by Crippen LogP contribution is -2.39. The highest BCUT2D eigenvalue weighted by Crippen LogP contribution is 2.32. The third-order valence-electron chi connectivity index (χ3n) is 3.37. The second kappa shape index (κ2) is 5.88.